The number of sulfonamides is 1. The summed E-state index contributed by atoms with van der Waals surface area (Å²) in [5.41, 5.74) is 0.941. The van der Waals surface area contributed by atoms with Gasteiger partial charge in [0.25, 0.3) is 0 Å². The minimum atomic E-state index is -3.63. The van der Waals surface area contributed by atoms with Crippen LogP contribution in [0.15, 0.2) is 57.9 Å². The van der Waals surface area contributed by atoms with Crippen LogP contribution >= 0.6 is 27.7 Å². The van der Waals surface area contributed by atoms with Crippen molar-refractivity contribution in [2.24, 2.45) is 0 Å². The Morgan fingerprint density at radius 1 is 1.09 bits per heavy atom. The standard InChI is InChI=1S/C15H13BrFNO2S2/c16-12-3-1-11(2-4-12)15-18(9-10-21-15)22(19,20)14-7-5-13(17)6-8-14/h1-8,15H,9-10H2. The van der Waals surface area contributed by atoms with Gasteiger partial charge in [0, 0.05) is 16.8 Å². The number of benzene rings is 2. The van der Waals surface area contributed by atoms with Gasteiger partial charge < -0.3 is 0 Å². The van der Waals surface area contributed by atoms with Crippen molar-refractivity contribution in [2.45, 2.75) is 10.3 Å². The van der Waals surface area contributed by atoms with Crippen molar-refractivity contribution in [1.29, 1.82) is 0 Å². The van der Waals surface area contributed by atoms with Crippen molar-refractivity contribution in [3.8, 4) is 0 Å². The van der Waals surface area contributed by atoms with Gasteiger partial charge >= 0.3 is 0 Å². The van der Waals surface area contributed by atoms with E-state index in [1.165, 1.54) is 28.6 Å². The molecule has 3 rings (SSSR count). The third kappa shape index (κ3) is 3.08. The monoisotopic (exact) mass is 401 g/mol. The summed E-state index contributed by atoms with van der Waals surface area (Å²) in [7, 11) is -3.63. The maximum absolute atomic E-state index is 13.0. The van der Waals surface area contributed by atoms with Crippen LogP contribution in [0.25, 0.3) is 0 Å². The first-order valence-electron chi connectivity index (χ1n) is 6.63. The first kappa shape index (κ1) is 16.0. The molecule has 116 valence electrons. The first-order valence-corrected chi connectivity index (χ1v) is 9.91. The summed E-state index contributed by atoms with van der Waals surface area (Å²) in [5.74, 6) is 0.292. The predicted octanol–water partition coefficient (Wildman–Crippen LogP) is 4.02. The highest BCUT2D eigenvalue weighted by molar-refractivity contribution is 9.10. The highest BCUT2D eigenvalue weighted by atomic mass is 79.9. The molecule has 1 fully saturated rings. The van der Waals surface area contributed by atoms with E-state index in [0.29, 0.717) is 6.54 Å². The summed E-state index contributed by atoms with van der Waals surface area (Å²) in [5, 5.41) is -0.247. The number of hydrogen-bond acceptors (Lipinski definition) is 3. The van der Waals surface area contributed by atoms with Crippen molar-refractivity contribution in [3.05, 3.63) is 64.4 Å². The highest BCUT2D eigenvalue weighted by Crippen LogP contribution is 2.41. The maximum Gasteiger partial charge on any atom is 0.244 e. The molecular weight excluding hydrogens is 389 g/mol. The van der Waals surface area contributed by atoms with Crippen LogP contribution in [-0.4, -0.2) is 25.0 Å². The van der Waals surface area contributed by atoms with Gasteiger partial charge in [0.15, 0.2) is 0 Å². The molecule has 0 saturated carbocycles. The molecule has 0 aromatic heterocycles. The molecule has 0 amide bonds. The Balaban J connectivity index is 1.95. The molecule has 22 heavy (non-hydrogen) atoms. The molecule has 2 aromatic rings. The lowest BCUT2D eigenvalue weighted by molar-refractivity contribution is 0.434. The molecule has 2 aromatic carbocycles. The van der Waals surface area contributed by atoms with Gasteiger partial charge in [0.05, 0.1) is 10.3 Å². The molecule has 0 bridgehead atoms. The van der Waals surface area contributed by atoms with E-state index in [4.69, 9.17) is 0 Å². The minimum Gasteiger partial charge on any atom is -0.207 e. The lowest BCUT2D eigenvalue weighted by Gasteiger charge is -2.23. The lowest BCUT2D eigenvalue weighted by Crippen LogP contribution is -2.30. The van der Waals surface area contributed by atoms with Crippen LogP contribution in [0.2, 0.25) is 0 Å². The molecule has 7 heteroatoms. The smallest absolute Gasteiger partial charge is 0.207 e. The third-order valence-corrected chi connectivity index (χ3v) is 7.23. The van der Waals surface area contributed by atoms with E-state index >= 15 is 0 Å². The van der Waals surface area contributed by atoms with Crippen LogP contribution in [0.1, 0.15) is 10.9 Å². The Hall–Kier alpha value is -0.890. The molecule has 0 radical (unpaired) electrons. The van der Waals surface area contributed by atoms with Crippen molar-refractivity contribution in [3.63, 3.8) is 0 Å². The summed E-state index contributed by atoms with van der Waals surface area (Å²) >= 11 is 4.97. The van der Waals surface area contributed by atoms with Crippen LogP contribution in [0.4, 0.5) is 4.39 Å². The zero-order valence-corrected chi connectivity index (χ0v) is 14.7. The van der Waals surface area contributed by atoms with E-state index in [1.807, 2.05) is 24.3 Å². The quantitative estimate of drug-likeness (QED) is 0.778. The van der Waals surface area contributed by atoms with Crippen LogP contribution in [0.3, 0.4) is 0 Å². The summed E-state index contributed by atoms with van der Waals surface area (Å²) in [6.07, 6.45) is 0. The number of thioether (sulfide) groups is 1. The second-order valence-electron chi connectivity index (χ2n) is 4.84. The fourth-order valence-electron chi connectivity index (χ4n) is 2.33. The van der Waals surface area contributed by atoms with E-state index in [0.717, 1.165) is 15.8 Å². The number of halogens is 2. The molecule has 1 aliphatic rings. The Bertz CT molecular complexity index is 763. The maximum atomic E-state index is 13.0. The molecule has 0 N–H and O–H groups in total. The van der Waals surface area contributed by atoms with Gasteiger partial charge in [-0.1, -0.05) is 28.1 Å². The largest absolute Gasteiger partial charge is 0.244 e. The summed E-state index contributed by atoms with van der Waals surface area (Å²) in [6, 6.07) is 12.6. The van der Waals surface area contributed by atoms with Crippen molar-refractivity contribution in [2.75, 3.05) is 12.3 Å². The van der Waals surface area contributed by atoms with E-state index in [9.17, 15) is 12.8 Å². The molecular formula is C15H13BrFNO2S2. The molecule has 0 aliphatic carbocycles. The highest BCUT2D eigenvalue weighted by Gasteiger charge is 2.36. The third-order valence-electron chi connectivity index (χ3n) is 3.42. The van der Waals surface area contributed by atoms with Gasteiger partial charge in [-0.3, -0.25) is 0 Å². The van der Waals surface area contributed by atoms with E-state index in [-0.39, 0.29) is 10.3 Å². The van der Waals surface area contributed by atoms with Gasteiger partial charge in [-0.25, -0.2) is 12.8 Å². The average Bonchev–Trinajstić information content (AvgIpc) is 2.99. The molecule has 1 heterocycles. The first-order chi connectivity index (χ1) is 10.5. The predicted molar refractivity (Wildman–Crippen MR) is 89.6 cm³/mol. The van der Waals surface area contributed by atoms with E-state index in [2.05, 4.69) is 15.9 Å². The normalized spacial score (nSPS) is 19.5. The number of hydrogen-bond donors (Lipinski definition) is 0. The van der Waals surface area contributed by atoms with Crippen LogP contribution < -0.4 is 0 Å². The number of rotatable bonds is 3. The summed E-state index contributed by atoms with van der Waals surface area (Å²) in [6.45, 7) is 0.450. The Kier molecular flexibility index (Phi) is 4.59. The average molecular weight is 402 g/mol. The second-order valence-corrected chi connectivity index (χ2v) is 8.84. The van der Waals surface area contributed by atoms with Gasteiger partial charge in [0.1, 0.15) is 5.82 Å². The molecule has 3 nitrogen and oxygen atoms in total. The van der Waals surface area contributed by atoms with Crippen LogP contribution in [0.5, 0.6) is 0 Å². The zero-order chi connectivity index (χ0) is 15.7. The zero-order valence-electron chi connectivity index (χ0n) is 11.4. The van der Waals surface area contributed by atoms with Crippen LogP contribution in [0, 0.1) is 5.82 Å². The minimum absolute atomic E-state index is 0.124. The fourth-order valence-corrected chi connectivity index (χ4v) is 5.84. The molecule has 1 unspecified atom stereocenters. The fraction of sp³-hybridized carbons (Fsp3) is 0.200. The Labute approximate surface area is 141 Å². The van der Waals surface area contributed by atoms with Gasteiger partial charge in [0.2, 0.25) is 10.0 Å². The molecule has 1 atom stereocenters. The van der Waals surface area contributed by atoms with E-state index in [1.54, 1.807) is 11.8 Å². The molecule has 1 saturated heterocycles. The van der Waals surface area contributed by atoms with Crippen LogP contribution in [-0.2, 0) is 10.0 Å². The van der Waals surface area contributed by atoms with Gasteiger partial charge in [-0.2, -0.15) is 4.31 Å². The lowest BCUT2D eigenvalue weighted by atomic mass is 10.2. The van der Waals surface area contributed by atoms with Crippen molar-refractivity contribution >= 4 is 37.7 Å². The number of nitrogens with zero attached hydrogens (tertiary/aromatic N) is 1. The van der Waals surface area contributed by atoms with Gasteiger partial charge in [-0.15, -0.1) is 11.8 Å². The Morgan fingerprint density at radius 2 is 1.73 bits per heavy atom. The van der Waals surface area contributed by atoms with Crippen molar-refractivity contribution < 1.29 is 12.8 Å². The molecule has 1 aliphatic heterocycles. The Morgan fingerprint density at radius 3 is 2.36 bits per heavy atom. The molecule has 0 spiro atoms. The van der Waals surface area contributed by atoms with Crippen molar-refractivity contribution in [1.82, 2.24) is 4.31 Å². The topological polar surface area (TPSA) is 37.4 Å². The van der Waals surface area contributed by atoms with E-state index < -0.39 is 15.8 Å². The summed E-state index contributed by atoms with van der Waals surface area (Å²) in [4.78, 5) is 0.124. The van der Waals surface area contributed by atoms with Gasteiger partial charge in [-0.05, 0) is 42.0 Å². The SMILES string of the molecule is O=S(=O)(c1ccc(F)cc1)N1CCSC1c1ccc(Br)cc1. The summed E-state index contributed by atoms with van der Waals surface area (Å²) < 4.78 is 41.0. The second kappa shape index (κ2) is 6.31.